The van der Waals surface area contributed by atoms with E-state index in [-0.39, 0.29) is 29.5 Å². The van der Waals surface area contributed by atoms with E-state index in [1.807, 2.05) is 6.92 Å². The molecule has 1 rings (SSSR count). The summed E-state index contributed by atoms with van der Waals surface area (Å²) in [5.74, 6) is -0.880. The van der Waals surface area contributed by atoms with E-state index in [1.54, 1.807) is 14.0 Å². The molecule has 1 heterocycles. The number of aromatic amines is 1. The third kappa shape index (κ3) is 3.40. The summed E-state index contributed by atoms with van der Waals surface area (Å²) in [6.07, 6.45) is 1.23. The van der Waals surface area contributed by atoms with Crippen LogP contribution in [0, 0.1) is 5.41 Å². The van der Waals surface area contributed by atoms with Crippen molar-refractivity contribution in [1.29, 1.82) is 5.41 Å². The Hall–Kier alpha value is -2.18. The molecule has 0 saturated carbocycles. The van der Waals surface area contributed by atoms with E-state index in [0.717, 1.165) is 6.42 Å². The molecule has 0 unspecified atom stereocenters. The maximum Gasteiger partial charge on any atom is 0.374 e. The molecule has 0 aromatic carbocycles. The van der Waals surface area contributed by atoms with E-state index in [4.69, 9.17) is 10.1 Å². The van der Waals surface area contributed by atoms with Crippen LogP contribution in [0.3, 0.4) is 0 Å². The minimum Gasteiger partial charge on any atom is -0.460 e. The van der Waals surface area contributed by atoms with Crippen LogP contribution >= 0.6 is 0 Å². The zero-order valence-electron chi connectivity index (χ0n) is 11.3. The van der Waals surface area contributed by atoms with Crippen LogP contribution in [0.4, 0.5) is 5.69 Å². The van der Waals surface area contributed by atoms with Crippen LogP contribution in [-0.2, 0) is 4.74 Å². The van der Waals surface area contributed by atoms with Crippen LogP contribution in [0.2, 0.25) is 0 Å². The minimum atomic E-state index is -0.701. The molecule has 19 heavy (non-hydrogen) atoms. The monoisotopic (exact) mass is 266 g/mol. The average Bonchev–Trinajstić information content (AvgIpc) is 2.38. The Morgan fingerprint density at radius 3 is 2.68 bits per heavy atom. The van der Waals surface area contributed by atoms with Gasteiger partial charge in [-0.1, -0.05) is 13.3 Å². The van der Waals surface area contributed by atoms with Crippen LogP contribution in [0.25, 0.3) is 0 Å². The van der Waals surface area contributed by atoms with E-state index in [1.165, 1.54) is 0 Å². The molecule has 0 atom stereocenters. The van der Waals surface area contributed by atoms with Gasteiger partial charge in [0.05, 0.1) is 12.3 Å². The molecule has 7 heteroatoms. The van der Waals surface area contributed by atoms with Gasteiger partial charge in [-0.2, -0.15) is 0 Å². The van der Waals surface area contributed by atoms with Gasteiger partial charge in [0.25, 0.3) is 5.56 Å². The van der Waals surface area contributed by atoms with E-state index >= 15 is 0 Å². The van der Waals surface area contributed by atoms with Gasteiger partial charge in [0.2, 0.25) is 5.82 Å². The summed E-state index contributed by atoms with van der Waals surface area (Å²) in [6.45, 7) is 3.78. The predicted octanol–water partition coefficient (Wildman–Crippen LogP) is 1.16. The van der Waals surface area contributed by atoms with E-state index < -0.39 is 11.5 Å². The Morgan fingerprint density at radius 2 is 2.16 bits per heavy atom. The van der Waals surface area contributed by atoms with Gasteiger partial charge < -0.3 is 15.5 Å². The van der Waals surface area contributed by atoms with Crippen LogP contribution in [0.1, 0.15) is 43.0 Å². The highest BCUT2D eigenvalue weighted by Crippen LogP contribution is 2.11. The quantitative estimate of drug-likeness (QED) is 0.529. The Kier molecular flexibility index (Phi) is 5.23. The molecule has 0 fully saturated rings. The van der Waals surface area contributed by atoms with Crippen LogP contribution in [0.15, 0.2) is 4.79 Å². The SMILES string of the molecule is CCCC(=N)c1nc(C(=O)OCC)[nH]c(=O)c1NC. The molecule has 0 radical (unpaired) electrons. The maximum absolute atomic E-state index is 11.8. The fraction of sp³-hybridized carbons (Fsp3) is 0.500. The molecular weight excluding hydrogens is 248 g/mol. The number of H-pyrrole nitrogens is 1. The summed E-state index contributed by atoms with van der Waals surface area (Å²) in [4.78, 5) is 29.8. The predicted molar refractivity (Wildman–Crippen MR) is 72.1 cm³/mol. The number of aromatic nitrogens is 2. The third-order valence-corrected chi connectivity index (χ3v) is 2.42. The fourth-order valence-electron chi connectivity index (χ4n) is 1.59. The van der Waals surface area contributed by atoms with Gasteiger partial charge in [0.15, 0.2) is 0 Å². The second kappa shape index (κ2) is 6.67. The summed E-state index contributed by atoms with van der Waals surface area (Å²) in [5.41, 5.74) is 0.0996. The van der Waals surface area contributed by atoms with E-state index in [0.29, 0.717) is 6.42 Å². The number of ether oxygens (including phenoxy) is 1. The first-order valence-electron chi connectivity index (χ1n) is 6.12. The van der Waals surface area contributed by atoms with Crippen molar-refractivity contribution in [2.45, 2.75) is 26.7 Å². The Labute approximate surface area is 110 Å². The zero-order valence-corrected chi connectivity index (χ0v) is 11.3. The first-order valence-corrected chi connectivity index (χ1v) is 6.12. The van der Waals surface area contributed by atoms with Crippen molar-refractivity contribution in [3.8, 4) is 0 Å². The second-order valence-corrected chi connectivity index (χ2v) is 3.84. The van der Waals surface area contributed by atoms with Crippen molar-refractivity contribution in [3.63, 3.8) is 0 Å². The highest BCUT2D eigenvalue weighted by atomic mass is 16.5. The number of carbonyl (C=O) groups is 1. The highest BCUT2D eigenvalue weighted by Gasteiger charge is 2.18. The van der Waals surface area contributed by atoms with Gasteiger partial charge in [-0.25, -0.2) is 9.78 Å². The number of hydrogen-bond acceptors (Lipinski definition) is 6. The molecule has 7 nitrogen and oxygen atoms in total. The minimum absolute atomic E-state index is 0.179. The first kappa shape index (κ1) is 14.9. The van der Waals surface area contributed by atoms with Crippen molar-refractivity contribution >= 4 is 17.4 Å². The summed E-state index contributed by atoms with van der Waals surface area (Å²) >= 11 is 0. The number of rotatable bonds is 6. The second-order valence-electron chi connectivity index (χ2n) is 3.84. The molecule has 0 saturated heterocycles. The summed E-state index contributed by atoms with van der Waals surface area (Å²) in [7, 11) is 1.57. The fourth-order valence-corrected chi connectivity index (χ4v) is 1.59. The number of esters is 1. The van der Waals surface area contributed by atoms with E-state index in [2.05, 4.69) is 15.3 Å². The standard InChI is InChI=1S/C12H18N4O3/c1-4-6-7(13)8-9(14-3)11(17)16-10(15-8)12(18)19-5-2/h13-14H,4-6H2,1-3H3,(H,15,16,17). The molecule has 104 valence electrons. The molecule has 0 aliphatic heterocycles. The largest absolute Gasteiger partial charge is 0.460 e. The lowest BCUT2D eigenvalue weighted by Gasteiger charge is -2.09. The molecule has 1 aromatic rings. The van der Waals surface area contributed by atoms with Gasteiger partial charge in [-0.15, -0.1) is 0 Å². The van der Waals surface area contributed by atoms with E-state index in [9.17, 15) is 9.59 Å². The maximum atomic E-state index is 11.8. The third-order valence-electron chi connectivity index (χ3n) is 2.42. The number of nitrogens with zero attached hydrogens (tertiary/aromatic N) is 1. The lowest BCUT2D eigenvalue weighted by molar-refractivity contribution is 0.0511. The molecule has 1 aromatic heterocycles. The van der Waals surface area contributed by atoms with Gasteiger partial charge >= 0.3 is 5.97 Å². The average molecular weight is 266 g/mol. The number of anilines is 1. The van der Waals surface area contributed by atoms with Crippen LogP contribution < -0.4 is 10.9 Å². The number of hydrogen-bond donors (Lipinski definition) is 3. The van der Waals surface area contributed by atoms with Crippen molar-refractivity contribution in [3.05, 3.63) is 21.9 Å². The Balaban J connectivity index is 3.30. The first-order chi connectivity index (χ1) is 9.04. The molecular formula is C12H18N4O3. The molecule has 0 amide bonds. The smallest absolute Gasteiger partial charge is 0.374 e. The van der Waals surface area contributed by atoms with Crippen molar-refractivity contribution in [2.24, 2.45) is 0 Å². The number of nitrogens with one attached hydrogen (secondary N) is 3. The topological polar surface area (TPSA) is 108 Å². The van der Waals surface area contributed by atoms with Crippen molar-refractivity contribution in [2.75, 3.05) is 19.0 Å². The zero-order chi connectivity index (χ0) is 14.4. The Morgan fingerprint density at radius 1 is 1.47 bits per heavy atom. The molecule has 0 aliphatic rings. The van der Waals surface area contributed by atoms with Crippen molar-refractivity contribution < 1.29 is 9.53 Å². The molecule has 0 aliphatic carbocycles. The van der Waals surface area contributed by atoms with Gasteiger partial charge in [0.1, 0.15) is 11.4 Å². The summed E-state index contributed by atoms with van der Waals surface area (Å²) < 4.78 is 4.79. The van der Waals surface area contributed by atoms with Crippen LogP contribution in [-0.4, -0.2) is 35.3 Å². The number of carbonyl (C=O) groups excluding carboxylic acids is 1. The normalized spacial score (nSPS) is 10.1. The van der Waals surface area contributed by atoms with Gasteiger partial charge in [-0.3, -0.25) is 9.78 Å². The molecule has 3 N–H and O–H groups in total. The van der Waals surface area contributed by atoms with Crippen LogP contribution in [0.5, 0.6) is 0 Å². The van der Waals surface area contributed by atoms with Gasteiger partial charge in [-0.05, 0) is 13.3 Å². The summed E-state index contributed by atoms with van der Waals surface area (Å²) in [5, 5.41) is 10.6. The lowest BCUT2D eigenvalue weighted by atomic mass is 10.1. The Bertz CT molecular complexity index is 536. The lowest BCUT2D eigenvalue weighted by Crippen LogP contribution is -2.24. The van der Waals surface area contributed by atoms with Crippen molar-refractivity contribution in [1.82, 2.24) is 9.97 Å². The highest BCUT2D eigenvalue weighted by molar-refractivity contribution is 6.01. The molecule has 0 bridgehead atoms. The summed E-state index contributed by atoms with van der Waals surface area (Å²) in [6, 6.07) is 0. The molecule has 0 spiro atoms. The van der Waals surface area contributed by atoms with Gasteiger partial charge in [0, 0.05) is 7.05 Å².